The molecule has 1 rings (SSSR count). The van der Waals surface area contributed by atoms with Gasteiger partial charge in [-0.3, -0.25) is 9.63 Å². The molecular formula is C15H21NO4. The van der Waals surface area contributed by atoms with Crippen molar-refractivity contribution in [2.75, 3.05) is 7.11 Å². The largest absolute Gasteiger partial charge is 0.467 e. The molecule has 1 aromatic rings. The number of rotatable bonds is 6. The molecule has 0 aliphatic heterocycles. The summed E-state index contributed by atoms with van der Waals surface area (Å²) in [6.07, 6.45) is 0.845. The number of carbonyl (C=O) groups excluding carboxylic acids is 2. The van der Waals surface area contributed by atoms with Gasteiger partial charge in [0.05, 0.1) is 12.7 Å². The van der Waals surface area contributed by atoms with Crippen LogP contribution in [0.2, 0.25) is 0 Å². The molecule has 0 saturated heterocycles. The molecule has 0 fully saturated rings. The Morgan fingerprint density at radius 3 is 2.35 bits per heavy atom. The van der Waals surface area contributed by atoms with Crippen LogP contribution in [0.4, 0.5) is 0 Å². The smallest absolute Gasteiger partial charge is 0.331 e. The number of esters is 1. The maximum absolute atomic E-state index is 11.9. The van der Waals surface area contributed by atoms with Crippen LogP contribution in [-0.2, 0) is 25.6 Å². The van der Waals surface area contributed by atoms with E-state index in [1.807, 2.05) is 30.3 Å². The van der Waals surface area contributed by atoms with Gasteiger partial charge >= 0.3 is 5.97 Å². The molecule has 1 amide bonds. The van der Waals surface area contributed by atoms with E-state index in [-0.39, 0.29) is 0 Å². The fourth-order valence-corrected chi connectivity index (χ4v) is 1.73. The molecule has 0 aromatic heterocycles. The van der Waals surface area contributed by atoms with Gasteiger partial charge < -0.3 is 4.74 Å². The Morgan fingerprint density at radius 1 is 1.30 bits per heavy atom. The quantitative estimate of drug-likeness (QED) is 0.454. The van der Waals surface area contributed by atoms with Gasteiger partial charge in [-0.15, -0.1) is 0 Å². The van der Waals surface area contributed by atoms with Gasteiger partial charge in [0.1, 0.15) is 0 Å². The molecule has 5 nitrogen and oxygen atoms in total. The van der Waals surface area contributed by atoms with E-state index in [0.29, 0.717) is 12.8 Å². The molecule has 0 bridgehead atoms. The maximum atomic E-state index is 11.9. The highest BCUT2D eigenvalue weighted by molar-refractivity contribution is 5.78. The van der Waals surface area contributed by atoms with E-state index in [1.165, 1.54) is 7.11 Å². The summed E-state index contributed by atoms with van der Waals surface area (Å²) in [5, 5.41) is 1.03. The standard InChI is InChI=1S/C15H21NO4/c1-15(2,3)20-16(11-17)13(14(18)19-4)10-12-8-6-5-7-9-12/h5-9,11,13H,10H2,1-4H3/t13-/m1/s1. The zero-order chi connectivity index (χ0) is 15.2. The van der Waals surface area contributed by atoms with Crippen LogP contribution >= 0.6 is 0 Å². The molecule has 20 heavy (non-hydrogen) atoms. The van der Waals surface area contributed by atoms with E-state index < -0.39 is 17.6 Å². The topological polar surface area (TPSA) is 55.8 Å². The van der Waals surface area contributed by atoms with E-state index >= 15 is 0 Å². The van der Waals surface area contributed by atoms with Crippen LogP contribution < -0.4 is 0 Å². The second-order valence-electron chi connectivity index (χ2n) is 5.40. The Hall–Kier alpha value is -1.88. The number of carbonyl (C=O) groups is 2. The lowest BCUT2D eigenvalue weighted by molar-refractivity contribution is -0.235. The van der Waals surface area contributed by atoms with Crippen molar-refractivity contribution in [3.8, 4) is 0 Å². The number of nitrogens with zero attached hydrogens (tertiary/aromatic N) is 1. The number of hydrogen-bond acceptors (Lipinski definition) is 4. The van der Waals surface area contributed by atoms with Gasteiger partial charge in [-0.25, -0.2) is 9.86 Å². The molecule has 0 saturated carbocycles. The van der Waals surface area contributed by atoms with Crippen molar-refractivity contribution in [2.24, 2.45) is 0 Å². The molecule has 5 heteroatoms. The van der Waals surface area contributed by atoms with E-state index in [4.69, 9.17) is 9.57 Å². The van der Waals surface area contributed by atoms with Gasteiger partial charge in [0, 0.05) is 6.42 Å². The third-order valence-corrected chi connectivity index (χ3v) is 2.54. The Balaban J connectivity index is 2.93. The van der Waals surface area contributed by atoms with Crippen LogP contribution in [0.25, 0.3) is 0 Å². The van der Waals surface area contributed by atoms with Gasteiger partial charge in [-0.05, 0) is 26.3 Å². The Morgan fingerprint density at radius 2 is 1.90 bits per heavy atom. The van der Waals surface area contributed by atoms with Crippen molar-refractivity contribution in [1.82, 2.24) is 5.06 Å². The van der Waals surface area contributed by atoms with Crippen molar-refractivity contribution < 1.29 is 19.2 Å². The molecule has 0 N–H and O–H groups in total. The number of hydrogen-bond donors (Lipinski definition) is 0. The SMILES string of the molecule is COC(=O)[C@@H](Cc1ccccc1)N(C=O)OC(C)(C)C. The lowest BCUT2D eigenvalue weighted by Gasteiger charge is -2.31. The van der Waals surface area contributed by atoms with Crippen LogP contribution in [0.3, 0.4) is 0 Å². The Labute approximate surface area is 119 Å². The molecule has 1 aromatic carbocycles. The van der Waals surface area contributed by atoms with Crippen molar-refractivity contribution in [1.29, 1.82) is 0 Å². The normalized spacial score (nSPS) is 12.6. The third-order valence-electron chi connectivity index (χ3n) is 2.54. The molecule has 0 spiro atoms. The van der Waals surface area contributed by atoms with E-state index in [2.05, 4.69) is 0 Å². The highest BCUT2D eigenvalue weighted by Crippen LogP contribution is 2.15. The number of ether oxygens (including phenoxy) is 1. The van der Waals surface area contributed by atoms with Gasteiger partial charge in [0.2, 0.25) is 6.41 Å². The maximum Gasteiger partial charge on any atom is 0.331 e. The predicted octanol–water partition coefficient (Wildman–Crippen LogP) is 1.96. The molecule has 0 radical (unpaired) electrons. The van der Waals surface area contributed by atoms with Crippen molar-refractivity contribution >= 4 is 12.4 Å². The summed E-state index contributed by atoms with van der Waals surface area (Å²) in [5.41, 5.74) is 0.344. The van der Waals surface area contributed by atoms with Crippen LogP contribution in [0.1, 0.15) is 26.3 Å². The van der Waals surface area contributed by atoms with Gasteiger partial charge in [0.25, 0.3) is 0 Å². The fourth-order valence-electron chi connectivity index (χ4n) is 1.73. The van der Waals surface area contributed by atoms with Crippen LogP contribution in [0, 0.1) is 0 Å². The average molecular weight is 279 g/mol. The number of methoxy groups -OCH3 is 1. The first-order chi connectivity index (χ1) is 9.37. The minimum absolute atomic E-state index is 0.336. The zero-order valence-electron chi connectivity index (χ0n) is 12.3. The second kappa shape index (κ2) is 7.05. The summed E-state index contributed by atoms with van der Waals surface area (Å²) in [6.45, 7) is 5.42. The summed E-state index contributed by atoms with van der Waals surface area (Å²) >= 11 is 0. The summed E-state index contributed by atoms with van der Waals surface area (Å²) in [6, 6.07) is 8.60. The summed E-state index contributed by atoms with van der Waals surface area (Å²) < 4.78 is 4.76. The van der Waals surface area contributed by atoms with E-state index in [0.717, 1.165) is 10.6 Å². The second-order valence-corrected chi connectivity index (χ2v) is 5.40. The number of hydroxylamine groups is 2. The molecule has 0 heterocycles. The number of amides is 1. The van der Waals surface area contributed by atoms with Crippen molar-refractivity contribution in [3.63, 3.8) is 0 Å². The lowest BCUT2D eigenvalue weighted by Crippen LogP contribution is -2.46. The van der Waals surface area contributed by atoms with Crippen LogP contribution in [-0.4, -0.2) is 36.2 Å². The lowest BCUT2D eigenvalue weighted by atomic mass is 10.1. The molecule has 110 valence electrons. The number of benzene rings is 1. The molecule has 0 aliphatic rings. The summed E-state index contributed by atoms with van der Waals surface area (Å²) in [5.74, 6) is -0.509. The minimum Gasteiger partial charge on any atom is -0.467 e. The van der Waals surface area contributed by atoms with E-state index in [9.17, 15) is 9.59 Å². The Bertz CT molecular complexity index is 439. The first kappa shape index (κ1) is 16.2. The monoisotopic (exact) mass is 279 g/mol. The molecule has 1 atom stereocenters. The Kier molecular flexibility index (Phi) is 5.70. The first-order valence-electron chi connectivity index (χ1n) is 6.42. The van der Waals surface area contributed by atoms with Gasteiger partial charge in [-0.2, -0.15) is 0 Å². The van der Waals surface area contributed by atoms with Crippen LogP contribution in [0.5, 0.6) is 0 Å². The highest BCUT2D eigenvalue weighted by atomic mass is 16.7. The predicted molar refractivity (Wildman–Crippen MR) is 74.7 cm³/mol. The summed E-state index contributed by atoms with van der Waals surface area (Å²) in [4.78, 5) is 28.6. The molecule has 0 aliphatic carbocycles. The van der Waals surface area contributed by atoms with Crippen LogP contribution in [0.15, 0.2) is 30.3 Å². The fraction of sp³-hybridized carbons (Fsp3) is 0.467. The minimum atomic E-state index is -0.806. The average Bonchev–Trinajstić information content (AvgIpc) is 2.41. The first-order valence-corrected chi connectivity index (χ1v) is 6.42. The van der Waals surface area contributed by atoms with Crippen molar-refractivity contribution in [2.45, 2.75) is 38.8 Å². The third kappa shape index (κ3) is 5.01. The summed E-state index contributed by atoms with van der Waals surface area (Å²) in [7, 11) is 1.29. The van der Waals surface area contributed by atoms with E-state index in [1.54, 1.807) is 20.8 Å². The van der Waals surface area contributed by atoms with Gasteiger partial charge in [0.15, 0.2) is 6.04 Å². The zero-order valence-corrected chi connectivity index (χ0v) is 12.3. The van der Waals surface area contributed by atoms with Gasteiger partial charge in [-0.1, -0.05) is 30.3 Å². The molecule has 0 unspecified atom stereocenters. The van der Waals surface area contributed by atoms with Crippen molar-refractivity contribution in [3.05, 3.63) is 35.9 Å². The highest BCUT2D eigenvalue weighted by Gasteiger charge is 2.30. The molecular weight excluding hydrogens is 258 g/mol.